The van der Waals surface area contributed by atoms with E-state index in [2.05, 4.69) is 216 Å². The Morgan fingerprint density at radius 3 is 1.55 bits per heavy atom. The summed E-state index contributed by atoms with van der Waals surface area (Å²) in [7, 11) is 0. The molecule has 10 aromatic rings. The van der Waals surface area contributed by atoms with E-state index >= 15 is 0 Å². The van der Waals surface area contributed by atoms with Gasteiger partial charge in [-0.3, -0.25) is 0 Å². The quantitative estimate of drug-likeness (QED) is 0.170. The molecule has 0 fully saturated rings. The first kappa shape index (κ1) is 33.5. The van der Waals surface area contributed by atoms with Crippen LogP contribution in [0, 0.1) is 0 Å². The van der Waals surface area contributed by atoms with Crippen molar-refractivity contribution in [2.75, 3.05) is 4.90 Å². The molecule has 0 radical (unpaired) electrons. The van der Waals surface area contributed by atoms with Crippen molar-refractivity contribution in [3.63, 3.8) is 0 Å². The van der Waals surface area contributed by atoms with Gasteiger partial charge in [0, 0.05) is 50.1 Å². The van der Waals surface area contributed by atoms with Gasteiger partial charge in [0.05, 0.1) is 34.0 Å². The van der Waals surface area contributed by atoms with Crippen molar-refractivity contribution in [1.29, 1.82) is 0 Å². The van der Waals surface area contributed by atoms with E-state index in [1.54, 1.807) is 0 Å². The fourth-order valence-electron chi connectivity index (χ4n) is 8.52. The molecular formula is C54H36N4. The second-order valence-corrected chi connectivity index (χ2v) is 14.6. The van der Waals surface area contributed by atoms with Gasteiger partial charge in [0.2, 0.25) is 0 Å². The number of anilines is 3. The molecule has 0 saturated carbocycles. The number of aromatic nitrogens is 3. The number of hydrogen-bond donors (Lipinski definition) is 0. The molecule has 272 valence electrons. The standard InChI is InChI=1S/C54H36N4/c1-4-18-37(19-5-1)47-36-48(38-20-6-2-7-21-38)56-54(55-47)41-24-16-22-39(34-41)40-23-17-27-43(35-40)57-49-31-13-10-28-44(49)52-45-29-11-14-32-50(45)58(42-25-8-3-9-26-42)53(52)46-30-12-15-33-51(46)57/h1-36H. The van der Waals surface area contributed by atoms with E-state index in [9.17, 15) is 0 Å². The van der Waals surface area contributed by atoms with Crippen LogP contribution in [0.25, 0.3) is 84.0 Å². The number of fused-ring (bicyclic) bond motifs is 7. The Morgan fingerprint density at radius 1 is 0.345 bits per heavy atom. The van der Waals surface area contributed by atoms with Crippen molar-refractivity contribution in [2.24, 2.45) is 0 Å². The molecule has 3 heterocycles. The second-order valence-electron chi connectivity index (χ2n) is 14.6. The molecule has 1 aliphatic rings. The van der Waals surface area contributed by atoms with Crippen molar-refractivity contribution in [2.45, 2.75) is 0 Å². The molecule has 4 nitrogen and oxygen atoms in total. The van der Waals surface area contributed by atoms with E-state index in [-0.39, 0.29) is 0 Å². The molecule has 0 amide bonds. The van der Waals surface area contributed by atoms with Gasteiger partial charge in [-0.05, 0) is 65.7 Å². The molecule has 11 rings (SSSR count). The van der Waals surface area contributed by atoms with Gasteiger partial charge in [0.1, 0.15) is 0 Å². The molecule has 0 bridgehead atoms. The van der Waals surface area contributed by atoms with Crippen molar-refractivity contribution in [3.8, 4) is 73.1 Å². The van der Waals surface area contributed by atoms with Gasteiger partial charge in [-0.25, -0.2) is 9.97 Å². The van der Waals surface area contributed by atoms with Crippen LogP contribution < -0.4 is 4.90 Å². The lowest BCUT2D eigenvalue weighted by Crippen LogP contribution is -2.11. The number of hydrogen-bond acceptors (Lipinski definition) is 3. The number of benzene rings is 8. The average molecular weight is 741 g/mol. The largest absolute Gasteiger partial charge is 0.309 e. The van der Waals surface area contributed by atoms with Crippen LogP contribution in [0.5, 0.6) is 0 Å². The Morgan fingerprint density at radius 2 is 0.845 bits per heavy atom. The summed E-state index contributed by atoms with van der Waals surface area (Å²) in [4.78, 5) is 12.7. The maximum absolute atomic E-state index is 5.13. The molecule has 0 aliphatic carbocycles. The highest BCUT2D eigenvalue weighted by Gasteiger charge is 2.31. The van der Waals surface area contributed by atoms with E-state index in [4.69, 9.17) is 9.97 Å². The number of rotatable bonds is 6. The summed E-state index contributed by atoms with van der Waals surface area (Å²) in [5, 5.41) is 1.23. The summed E-state index contributed by atoms with van der Waals surface area (Å²) in [6.07, 6.45) is 0. The zero-order chi connectivity index (χ0) is 38.4. The van der Waals surface area contributed by atoms with E-state index in [0.717, 1.165) is 62.0 Å². The van der Waals surface area contributed by atoms with Crippen LogP contribution in [0.2, 0.25) is 0 Å². The summed E-state index contributed by atoms with van der Waals surface area (Å²) >= 11 is 0. The Balaban J connectivity index is 1.07. The van der Waals surface area contributed by atoms with Crippen LogP contribution in [-0.2, 0) is 0 Å². The van der Waals surface area contributed by atoms with Gasteiger partial charge in [0.15, 0.2) is 5.82 Å². The third-order valence-electron chi connectivity index (χ3n) is 11.1. The van der Waals surface area contributed by atoms with E-state index in [1.165, 1.54) is 33.3 Å². The summed E-state index contributed by atoms with van der Waals surface area (Å²) in [5.41, 5.74) is 17.5. The zero-order valence-corrected chi connectivity index (χ0v) is 31.6. The number of nitrogens with zero attached hydrogens (tertiary/aromatic N) is 4. The van der Waals surface area contributed by atoms with Gasteiger partial charge < -0.3 is 9.47 Å². The zero-order valence-electron chi connectivity index (χ0n) is 31.6. The minimum Gasteiger partial charge on any atom is -0.309 e. The van der Waals surface area contributed by atoms with Gasteiger partial charge >= 0.3 is 0 Å². The van der Waals surface area contributed by atoms with Crippen LogP contribution in [0.1, 0.15) is 0 Å². The molecule has 8 aromatic carbocycles. The van der Waals surface area contributed by atoms with E-state index < -0.39 is 0 Å². The molecule has 58 heavy (non-hydrogen) atoms. The summed E-state index contributed by atoms with van der Waals surface area (Å²) in [6.45, 7) is 0. The topological polar surface area (TPSA) is 34.0 Å². The third-order valence-corrected chi connectivity index (χ3v) is 11.1. The van der Waals surface area contributed by atoms with Crippen LogP contribution in [0.3, 0.4) is 0 Å². The smallest absolute Gasteiger partial charge is 0.160 e. The summed E-state index contributed by atoms with van der Waals surface area (Å²) in [5.74, 6) is 0.692. The van der Waals surface area contributed by atoms with Gasteiger partial charge in [0.25, 0.3) is 0 Å². The summed E-state index contributed by atoms with van der Waals surface area (Å²) < 4.78 is 2.43. The minimum absolute atomic E-state index is 0.692. The Hall–Kier alpha value is -7.82. The predicted molar refractivity (Wildman–Crippen MR) is 240 cm³/mol. The van der Waals surface area contributed by atoms with Crippen molar-refractivity contribution in [1.82, 2.24) is 14.5 Å². The first-order valence-corrected chi connectivity index (χ1v) is 19.7. The molecule has 1 aliphatic heterocycles. The highest BCUT2D eigenvalue weighted by Crippen LogP contribution is 2.54. The highest BCUT2D eigenvalue weighted by molar-refractivity contribution is 6.13. The lowest BCUT2D eigenvalue weighted by Gasteiger charge is -2.28. The molecule has 0 spiro atoms. The van der Waals surface area contributed by atoms with E-state index in [1.807, 2.05) is 12.1 Å². The minimum atomic E-state index is 0.692. The van der Waals surface area contributed by atoms with Crippen LogP contribution in [0.4, 0.5) is 17.1 Å². The molecule has 2 aromatic heterocycles. The van der Waals surface area contributed by atoms with Crippen molar-refractivity contribution >= 4 is 28.0 Å². The fourth-order valence-corrected chi connectivity index (χ4v) is 8.52. The van der Waals surface area contributed by atoms with Crippen LogP contribution in [-0.4, -0.2) is 14.5 Å². The molecular weight excluding hydrogens is 705 g/mol. The fraction of sp³-hybridized carbons (Fsp3) is 0. The maximum atomic E-state index is 5.13. The van der Waals surface area contributed by atoms with Crippen molar-refractivity contribution < 1.29 is 0 Å². The highest BCUT2D eigenvalue weighted by atomic mass is 15.2. The SMILES string of the molecule is c1ccc(-c2cc(-c3ccccc3)nc(-c3cccc(-c4cccc(N5c6ccccc6-c6c(n(-c7ccccc7)c7ccccc67)-c6ccccc65)c4)c3)n2)cc1. The van der Waals surface area contributed by atoms with E-state index in [0.29, 0.717) is 5.82 Å². The Labute approximate surface area is 337 Å². The molecule has 0 N–H and O–H groups in total. The predicted octanol–water partition coefficient (Wildman–Crippen LogP) is 14.2. The summed E-state index contributed by atoms with van der Waals surface area (Å²) in [6, 6.07) is 77.4. The monoisotopic (exact) mass is 740 g/mol. The maximum Gasteiger partial charge on any atom is 0.160 e. The molecule has 0 unspecified atom stereocenters. The van der Waals surface area contributed by atoms with Gasteiger partial charge in [-0.15, -0.1) is 0 Å². The van der Waals surface area contributed by atoms with Crippen molar-refractivity contribution in [3.05, 3.63) is 218 Å². The normalized spacial score (nSPS) is 11.8. The Kier molecular flexibility index (Phi) is 8.11. The lowest BCUT2D eigenvalue weighted by molar-refractivity contribution is 1.13. The van der Waals surface area contributed by atoms with Crippen LogP contribution in [0.15, 0.2) is 218 Å². The molecule has 0 saturated heterocycles. The van der Waals surface area contributed by atoms with Crippen LogP contribution >= 0.6 is 0 Å². The lowest BCUT2D eigenvalue weighted by atomic mass is 9.98. The Bertz CT molecular complexity index is 3060. The first-order valence-electron chi connectivity index (χ1n) is 19.7. The van der Waals surface area contributed by atoms with Gasteiger partial charge in [-0.2, -0.15) is 0 Å². The first-order chi connectivity index (χ1) is 28.8. The molecule has 0 atom stereocenters. The average Bonchev–Trinajstić information content (AvgIpc) is 3.59. The second kappa shape index (κ2) is 14.0. The number of para-hydroxylation sites is 4. The molecule has 4 heteroatoms. The third kappa shape index (κ3) is 5.70. The van der Waals surface area contributed by atoms with Gasteiger partial charge in [-0.1, -0.05) is 164 Å².